The fraction of sp³-hybridized carbons (Fsp3) is 0.733. The fourth-order valence-corrected chi connectivity index (χ4v) is 2.94. The maximum absolute atomic E-state index is 12.1. The number of rotatable bonds is 7. The lowest BCUT2D eigenvalue weighted by Crippen LogP contribution is -2.46. The van der Waals surface area contributed by atoms with E-state index in [1.807, 2.05) is 6.92 Å². The van der Waals surface area contributed by atoms with Gasteiger partial charge in [-0.15, -0.1) is 0 Å². The van der Waals surface area contributed by atoms with Crippen LogP contribution in [0.1, 0.15) is 24.7 Å². The van der Waals surface area contributed by atoms with E-state index in [1.165, 1.54) is 4.68 Å². The molecule has 2 rings (SSSR count). The van der Waals surface area contributed by atoms with Crippen LogP contribution in [0.5, 0.6) is 0 Å². The zero-order valence-electron chi connectivity index (χ0n) is 14.4. The van der Waals surface area contributed by atoms with Crippen molar-refractivity contribution in [2.24, 2.45) is 0 Å². The number of hydrogen-bond acceptors (Lipinski definition) is 6. The normalized spacial score (nSPS) is 16.8. The number of amides is 1. The van der Waals surface area contributed by atoms with E-state index in [4.69, 9.17) is 4.74 Å². The summed E-state index contributed by atoms with van der Waals surface area (Å²) in [5.41, 5.74) is 0.876. The summed E-state index contributed by atoms with van der Waals surface area (Å²) in [4.78, 5) is 24.9. The largest absolute Gasteiger partial charge is 0.379 e. The Labute approximate surface area is 141 Å². The number of aryl methyl sites for hydroxylation is 2. The summed E-state index contributed by atoms with van der Waals surface area (Å²) < 4.78 is 6.83. The highest BCUT2D eigenvalue weighted by atomic mass is 16.6. The first-order valence-electron chi connectivity index (χ1n) is 8.16. The predicted octanol–water partition coefficient (Wildman–Crippen LogP) is 0.635. The average molecular weight is 339 g/mol. The minimum atomic E-state index is -0.432. The van der Waals surface area contributed by atoms with Crippen molar-refractivity contribution in [3.05, 3.63) is 21.5 Å². The summed E-state index contributed by atoms with van der Waals surface area (Å²) in [7, 11) is 0. The molecule has 2 heterocycles. The van der Waals surface area contributed by atoms with Crippen molar-refractivity contribution in [2.45, 2.75) is 39.8 Å². The minimum absolute atomic E-state index is 0.0242. The number of aromatic nitrogens is 2. The summed E-state index contributed by atoms with van der Waals surface area (Å²) in [6.07, 6.45) is 0.243. The second-order valence-corrected chi connectivity index (χ2v) is 6.13. The van der Waals surface area contributed by atoms with Crippen LogP contribution in [-0.2, 0) is 16.1 Å². The van der Waals surface area contributed by atoms with Crippen molar-refractivity contribution in [2.75, 3.05) is 32.8 Å². The highest BCUT2D eigenvalue weighted by Crippen LogP contribution is 2.21. The van der Waals surface area contributed by atoms with E-state index in [0.29, 0.717) is 17.9 Å². The molecule has 9 nitrogen and oxygen atoms in total. The van der Waals surface area contributed by atoms with Gasteiger partial charge in [-0.25, -0.2) is 0 Å². The molecule has 1 unspecified atom stereocenters. The van der Waals surface area contributed by atoms with E-state index in [9.17, 15) is 14.9 Å². The Morgan fingerprint density at radius 1 is 1.42 bits per heavy atom. The molecule has 1 amide bonds. The molecule has 24 heavy (non-hydrogen) atoms. The van der Waals surface area contributed by atoms with E-state index < -0.39 is 4.92 Å². The smallest absolute Gasteiger partial charge is 0.312 e. The predicted molar refractivity (Wildman–Crippen MR) is 87.8 cm³/mol. The fourth-order valence-electron chi connectivity index (χ4n) is 2.94. The molecule has 0 radical (unpaired) electrons. The third kappa shape index (κ3) is 4.75. The molecular formula is C15H25N5O4. The number of nitro groups is 1. The molecule has 1 atom stereocenters. The molecule has 0 spiro atoms. The van der Waals surface area contributed by atoms with Gasteiger partial charge in [0.05, 0.1) is 24.7 Å². The Bertz CT molecular complexity index is 595. The number of nitrogens with one attached hydrogen (secondary N) is 1. The first-order valence-corrected chi connectivity index (χ1v) is 8.16. The maximum Gasteiger partial charge on any atom is 0.312 e. The van der Waals surface area contributed by atoms with E-state index >= 15 is 0 Å². The van der Waals surface area contributed by atoms with Crippen LogP contribution < -0.4 is 5.32 Å². The lowest BCUT2D eigenvalue weighted by atomic mass is 10.2. The monoisotopic (exact) mass is 339 g/mol. The Balaban J connectivity index is 1.80. The summed E-state index contributed by atoms with van der Waals surface area (Å²) in [6.45, 7) is 9.59. The Morgan fingerprint density at radius 2 is 2.08 bits per heavy atom. The zero-order chi connectivity index (χ0) is 17.7. The molecule has 0 aliphatic carbocycles. The SMILES string of the molecule is Cc1nn(CCC(=O)NC(C)CN2CCOCC2)c(C)c1[N+](=O)[O-]. The summed E-state index contributed by atoms with van der Waals surface area (Å²) in [5.74, 6) is -0.0778. The van der Waals surface area contributed by atoms with Crippen molar-refractivity contribution in [1.29, 1.82) is 0 Å². The standard InChI is InChI=1S/C15H25N5O4/c1-11(10-18-6-8-24-9-7-18)16-14(21)4-5-19-13(3)15(20(22)23)12(2)17-19/h11H,4-10H2,1-3H3,(H,16,21). The molecule has 1 aliphatic rings. The van der Waals surface area contributed by atoms with Crippen molar-refractivity contribution >= 4 is 11.6 Å². The van der Waals surface area contributed by atoms with Gasteiger partial charge in [0.1, 0.15) is 11.4 Å². The highest BCUT2D eigenvalue weighted by molar-refractivity contribution is 5.76. The quantitative estimate of drug-likeness (QED) is 0.577. The van der Waals surface area contributed by atoms with Gasteiger partial charge in [0.25, 0.3) is 0 Å². The Kier molecular flexibility index (Phi) is 6.27. The highest BCUT2D eigenvalue weighted by Gasteiger charge is 2.22. The van der Waals surface area contributed by atoms with Crippen LogP contribution in [0.2, 0.25) is 0 Å². The van der Waals surface area contributed by atoms with Crippen LogP contribution in [0.25, 0.3) is 0 Å². The van der Waals surface area contributed by atoms with Crippen molar-refractivity contribution < 1.29 is 14.5 Å². The summed E-state index contributed by atoms with van der Waals surface area (Å²) in [5, 5.41) is 18.1. The van der Waals surface area contributed by atoms with Crippen LogP contribution in [0.3, 0.4) is 0 Å². The number of hydrogen-bond donors (Lipinski definition) is 1. The molecule has 1 fully saturated rings. The van der Waals surface area contributed by atoms with Crippen LogP contribution in [0, 0.1) is 24.0 Å². The molecule has 1 aromatic rings. The van der Waals surface area contributed by atoms with Crippen molar-refractivity contribution in [1.82, 2.24) is 20.0 Å². The van der Waals surface area contributed by atoms with Gasteiger partial charge in [0, 0.05) is 32.1 Å². The maximum atomic E-state index is 12.1. The number of nitrogens with zero attached hydrogens (tertiary/aromatic N) is 4. The first-order chi connectivity index (χ1) is 11.4. The molecule has 1 N–H and O–H groups in total. The Hall–Kier alpha value is -2.00. The van der Waals surface area contributed by atoms with E-state index in [-0.39, 0.29) is 24.1 Å². The molecule has 1 saturated heterocycles. The number of morpholine rings is 1. The van der Waals surface area contributed by atoms with Gasteiger partial charge in [-0.3, -0.25) is 24.5 Å². The molecule has 9 heteroatoms. The average Bonchev–Trinajstić information content (AvgIpc) is 2.80. The summed E-state index contributed by atoms with van der Waals surface area (Å²) >= 11 is 0. The van der Waals surface area contributed by atoms with E-state index in [2.05, 4.69) is 15.3 Å². The van der Waals surface area contributed by atoms with E-state index in [1.54, 1.807) is 13.8 Å². The minimum Gasteiger partial charge on any atom is -0.379 e. The molecule has 0 aromatic carbocycles. The van der Waals surface area contributed by atoms with E-state index in [0.717, 1.165) is 32.8 Å². The first kappa shape index (κ1) is 18.3. The molecule has 0 saturated carbocycles. The number of carbonyl (C=O) groups is 1. The Morgan fingerprint density at radius 3 is 2.67 bits per heavy atom. The molecular weight excluding hydrogens is 314 g/mol. The second-order valence-electron chi connectivity index (χ2n) is 6.13. The number of ether oxygens (including phenoxy) is 1. The third-order valence-corrected chi connectivity index (χ3v) is 4.12. The lowest BCUT2D eigenvalue weighted by molar-refractivity contribution is -0.386. The summed E-state index contributed by atoms with van der Waals surface area (Å²) in [6, 6.07) is 0.0467. The van der Waals surface area contributed by atoms with Crippen molar-refractivity contribution in [3.8, 4) is 0 Å². The molecule has 1 aromatic heterocycles. The lowest BCUT2D eigenvalue weighted by Gasteiger charge is -2.29. The molecule has 134 valence electrons. The second kappa shape index (κ2) is 8.20. The van der Waals surface area contributed by atoms with Gasteiger partial charge >= 0.3 is 5.69 Å². The van der Waals surface area contributed by atoms with Gasteiger partial charge in [-0.1, -0.05) is 0 Å². The number of carbonyl (C=O) groups excluding carboxylic acids is 1. The van der Waals surface area contributed by atoms with Gasteiger partial charge in [0.15, 0.2) is 0 Å². The van der Waals surface area contributed by atoms with Crippen LogP contribution >= 0.6 is 0 Å². The topological polar surface area (TPSA) is 103 Å². The zero-order valence-corrected chi connectivity index (χ0v) is 14.4. The van der Waals surface area contributed by atoms with Crippen molar-refractivity contribution in [3.63, 3.8) is 0 Å². The molecule has 0 bridgehead atoms. The van der Waals surface area contributed by atoms with Crippen LogP contribution in [-0.4, -0.2) is 64.4 Å². The van der Waals surface area contributed by atoms with Gasteiger partial charge in [-0.05, 0) is 20.8 Å². The third-order valence-electron chi connectivity index (χ3n) is 4.12. The van der Waals surface area contributed by atoms with Crippen LogP contribution in [0.15, 0.2) is 0 Å². The van der Waals surface area contributed by atoms with Gasteiger partial charge < -0.3 is 10.1 Å². The molecule has 1 aliphatic heterocycles. The van der Waals surface area contributed by atoms with Crippen LogP contribution in [0.4, 0.5) is 5.69 Å². The van der Waals surface area contributed by atoms with Gasteiger partial charge in [-0.2, -0.15) is 5.10 Å². The van der Waals surface area contributed by atoms with Gasteiger partial charge in [0.2, 0.25) is 5.91 Å².